The summed E-state index contributed by atoms with van der Waals surface area (Å²) in [6, 6.07) is 0.227. The number of nitrogens with one attached hydrogen (secondary N) is 1. The molecule has 2 heterocycles. The highest BCUT2D eigenvalue weighted by atomic mass is 16.1. The van der Waals surface area contributed by atoms with Crippen molar-refractivity contribution in [1.29, 1.82) is 0 Å². The van der Waals surface area contributed by atoms with Gasteiger partial charge in [-0.15, -0.1) is 10.2 Å². The monoisotopic (exact) mass is 250 g/mol. The van der Waals surface area contributed by atoms with E-state index in [-0.39, 0.29) is 11.9 Å². The summed E-state index contributed by atoms with van der Waals surface area (Å²) in [7, 11) is 0. The smallest absolute Gasteiger partial charge is 0.220 e. The van der Waals surface area contributed by atoms with Crippen molar-refractivity contribution >= 4 is 5.91 Å². The van der Waals surface area contributed by atoms with E-state index in [1.54, 1.807) is 0 Å². The van der Waals surface area contributed by atoms with E-state index < -0.39 is 0 Å². The third kappa shape index (κ3) is 2.89. The Hall–Kier alpha value is -1.39. The molecule has 18 heavy (non-hydrogen) atoms. The summed E-state index contributed by atoms with van der Waals surface area (Å²) in [5.41, 5.74) is 0. The molecule has 1 aliphatic rings. The molecule has 0 bridgehead atoms. The SMILES string of the molecule is CCc1nnc2n1C[C@H](NC(=O)CC(C)C)CC2. The van der Waals surface area contributed by atoms with Gasteiger partial charge in [0, 0.05) is 31.8 Å². The summed E-state index contributed by atoms with van der Waals surface area (Å²) >= 11 is 0. The highest BCUT2D eigenvalue weighted by Gasteiger charge is 2.23. The van der Waals surface area contributed by atoms with Crippen molar-refractivity contribution in [3.63, 3.8) is 0 Å². The molecule has 1 aromatic heterocycles. The van der Waals surface area contributed by atoms with E-state index in [4.69, 9.17) is 0 Å². The van der Waals surface area contributed by atoms with Gasteiger partial charge >= 0.3 is 0 Å². The molecule has 0 fully saturated rings. The van der Waals surface area contributed by atoms with E-state index in [2.05, 4.69) is 40.9 Å². The largest absolute Gasteiger partial charge is 0.352 e. The molecular formula is C13H22N4O. The molecule has 0 spiro atoms. The molecule has 0 unspecified atom stereocenters. The molecule has 0 aliphatic carbocycles. The number of aryl methyl sites for hydroxylation is 2. The number of aromatic nitrogens is 3. The highest BCUT2D eigenvalue weighted by molar-refractivity contribution is 5.76. The van der Waals surface area contributed by atoms with Crippen molar-refractivity contribution in [2.45, 2.75) is 59.0 Å². The molecule has 5 heteroatoms. The molecule has 5 nitrogen and oxygen atoms in total. The zero-order valence-electron chi connectivity index (χ0n) is 11.4. The van der Waals surface area contributed by atoms with Crippen LogP contribution in [0, 0.1) is 5.92 Å². The molecular weight excluding hydrogens is 228 g/mol. The molecule has 0 saturated carbocycles. The molecule has 1 atom stereocenters. The third-order valence-corrected chi connectivity index (χ3v) is 3.30. The standard InChI is InChI=1S/C13H22N4O/c1-4-11-15-16-12-6-5-10(8-17(11)12)14-13(18)7-9(2)3/h9-10H,4-8H2,1-3H3,(H,14,18)/t10-/m1/s1. The van der Waals surface area contributed by atoms with E-state index >= 15 is 0 Å². The lowest BCUT2D eigenvalue weighted by atomic mass is 10.1. The van der Waals surface area contributed by atoms with Crippen molar-refractivity contribution in [3.05, 3.63) is 11.6 Å². The molecule has 0 saturated heterocycles. The van der Waals surface area contributed by atoms with E-state index in [0.717, 1.165) is 37.5 Å². The number of hydrogen-bond donors (Lipinski definition) is 1. The Morgan fingerprint density at radius 3 is 2.94 bits per heavy atom. The van der Waals surface area contributed by atoms with Crippen LogP contribution in [0.25, 0.3) is 0 Å². The van der Waals surface area contributed by atoms with Crippen LogP contribution in [0.5, 0.6) is 0 Å². The maximum Gasteiger partial charge on any atom is 0.220 e. The second kappa shape index (κ2) is 5.50. The van der Waals surface area contributed by atoms with Gasteiger partial charge in [-0.3, -0.25) is 4.79 Å². The normalized spacial score (nSPS) is 18.8. The van der Waals surface area contributed by atoms with Crippen LogP contribution in [0.4, 0.5) is 0 Å². The average Bonchev–Trinajstić information content (AvgIpc) is 2.70. The third-order valence-electron chi connectivity index (χ3n) is 3.30. The Morgan fingerprint density at radius 1 is 1.50 bits per heavy atom. The molecule has 100 valence electrons. The summed E-state index contributed by atoms with van der Waals surface area (Å²) in [6.07, 6.45) is 3.36. The fourth-order valence-electron chi connectivity index (χ4n) is 2.42. The zero-order chi connectivity index (χ0) is 13.1. The number of fused-ring (bicyclic) bond motifs is 1. The Morgan fingerprint density at radius 2 is 2.28 bits per heavy atom. The summed E-state index contributed by atoms with van der Waals surface area (Å²) < 4.78 is 2.16. The van der Waals surface area contributed by atoms with Crippen LogP contribution in [0.15, 0.2) is 0 Å². The van der Waals surface area contributed by atoms with Crippen molar-refractivity contribution in [2.75, 3.05) is 0 Å². The Bertz CT molecular complexity index is 411. The number of hydrogen-bond acceptors (Lipinski definition) is 3. The van der Waals surface area contributed by atoms with Gasteiger partial charge in [-0.25, -0.2) is 0 Å². The molecule has 1 amide bonds. The molecule has 1 aromatic rings. The van der Waals surface area contributed by atoms with Crippen LogP contribution in [-0.2, 0) is 24.2 Å². The van der Waals surface area contributed by atoms with E-state index in [9.17, 15) is 4.79 Å². The van der Waals surface area contributed by atoms with Gasteiger partial charge in [-0.05, 0) is 12.3 Å². The number of nitrogens with zero attached hydrogens (tertiary/aromatic N) is 3. The molecule has 2 rings (SSSR count). The summed E-state index contributed by atoms with van der Waals surface area (Å²) in [6.45, 7) is 7.02. The van der Waals surface area contributed by atoms with Crippen LogP contribution in [0.1, 0.15) is 45.3 Å². The van der Waals surface area contributed by atoms with Gasteiger partial charge in [-0.2, -0.15) is 0 Å². The predicted molar refractivity (Wildman–Crippen MR) is 69.1 cm³/mol. The molecule has 1 N–H and O–H groups in total. The van der Waals surface area contributed by atoms with Crippen LogP contribution >= 0.6 is 0 Å². The average molecular weight is 250 g/mol. The van der Waals surface area contributed by atoms with Gasteiger partial charge in [0.25, 0.3) is 0 Å². The van der Waals surface area contributed by atoms with Crippen molar-refractivity contribution in [2.24, 2.45) is 5.92 Å². The number of rotatable bonds is 4. The fraction of sp³-hybridized carbons (Fsp3) is 0.769. The van der Waals surface area contributed by atoms with Crippen molar-refractivity contribution in [3.8, 4) is 0 Å². The topological polar surface area (TPSA) is 59.8 Å². The second-order valence-corrected chi connectivity index (χ2v) is 5.40. The lowest BCUT2D eigenvalue weighted by Gasteiger charge is -2.25. The van der Waals surface area contributed by atoms with Gasteiger partial charge in [0.15, 0.2) is 0 Å². The van der Waals surface area contributed by atoms with E-state index in [1.807, 2.05) is 0 Å². The van der Waals surface area contributed by atoms with Crippen LogP contribution in [0.2, 0.25) is 0 Å². The first-order valence-corrected chi connectivity index (χ1v) is 6.80. The maximum atomic E-state index is 11.8. The minimum atomic E-state index is 0.157. The number of amides is 1. The number of carbonyl (C=O) groups excluding carboxylic acids is 1. The minimum absolute atomic E-state index is 0.157. The summed E-state index contributed by atoms with van der Waals surface area (Å²) in [5, 5.41) is 11.5. The summed E-state index contributed by atoms with van der Waals surface area (Å²) in [5.74, 6) is 2.64. The Labute approximate surface area is 108 Å². The van der Waals surface area contributed by atoms with Gasteiger partial charge in [0.05, 0.1) is 0 Å². The number of carbonyl (C=O) groups is 1. The molecule has 0 radical (unpaired) electrons. The predicted octanol–water partition coefficient (Wildman–Crippen LogP) is 1.32. The zero-order valence-corrected chi connectivity index (χ0v) is 11.4. The minimum Gasteiger partial charge on any atom is -0.352 e. The van der Waals surface area contributed by atoms with Gasteiger partial charge in [0.1, 0.15) is 11.6 Å². The molecule has 0 aromatic carbocycles. The Balaban J connectivity index is 1.96. The second-order valence-electron chi connectivity index (χ2n) is 5.40. The summed E-state index contributed by atoms with van der Waals surface area (Å²) in [4.78, 5) is 11.8. The van der Waals surface area contributed by atoms with Gasteiger partial charge < -0.3 is 9.88 Å². The van der Waals surface area contributed by atoms with Crippen LogP contribution in [-0.4, -0.2) is 26.7 Å². The van der Waals surface area contributed by atoms with Gasteiger partial charge in [0.2, 0.25) is 5.91 Å². The quantitative estimate of drug-likeness (QED) is 0.876. The Kier molecular flexibility index (Phi) is 3.99. The van der Waals surface area contributed by atoms with Crippen molar-refractivity contribution in [1.82, 2.24) is 20.1 Å². The lowest BCUT2D eigenvalue weighted by Crippen LogP contribution is -2.41. The van der Waals surface area contributed by atoms with Crippen LogP contribution in [0.3, 0.4) is 0 Å². The van der Waals surface area contributed by atoms with Gasteiger partial charge in [-0.1, -0.05) is 20.8 Å². The van der Waals surface area contributed by atoms with Crippen LogP contribution < -0.4 is 5.32 Å². The first-order chi connectivity index (χ1) is 8.60. The molecule has 1 aliphatic heterocycles. The lowest BCUT2D eigenvalue weighted by molar-refractivity contribution is -0.122. The van der Waals surface area contributed by atoms with Crippen molar-refractivity contribution < 1.29 is 4.79 Å². The van der Waals surface area contributed by atoms with E-state index in [1.165, 1.54) is 0 Å². The highest BCUT2D eigenvalue weighted by Crippen LogP contribution is 2.15. The maximum absolute atomic E-state index is 11.8. The first-order valence-electron chi connectivity index (χ1n) is 6.80. The first kappa shape index (κ1) is 13.1. The fourth-order valence-corrected chi connectivity index (χ4v) is 2.42. The van der Waals surface area contributed by atoms with E-state index in [0.29, 0.717) is 12.3 Å².